The van der Waals surface area contributed by atoms with Crippen molar-refractivity contribution in [3.8, 4) is 11.5 Å². The van der Waals surface area contributed by atoms with E-state index in [9.17, 15) is 0 Å². The smallest absolute Gasteiger partial charge is 0.146 e. The van der Waals surface area contributed by atoms with Crippen LogP contribution < -0.4 is 4.74 Å². The molecule has 0 aliphatic rings. The van der Waals surface area contributed by atoms with Crippen LogP contribution in [0.15, 0.2) is 40.9 Å². The average Bonchev–Trinajstić information content (AvgIpc) is 2.33. The number of ether oxygens (including phenoxy) is 1. The molecule has 94 valence electrons. The van der Waals surface area contributed by atoms with Crippen molar-refractivity contribution < 1.29 is 4.74 Å². The summed E-state index contributed by atoms with van der Waals surface area (Å²) in [6.07, 6.45) is 0. The number of alkyl halides is 1. The quantitative estimate of drug-likeness (QED) is 0.529. The van der Waals surface area contributed by atoms with Crippen molar-refractivity contribution in [3.63, 3.8) is 0 Å². The van der Waals surface area contributed by atoms with Crippen LogP contribution in [-0.2, 0) is 5.33 Å². The van der Waals surface area contributed by atoms with E-state index in [1.54, 1.807) is 6.07 Å². The molecule has 0 N–H and O–H groups in total. The summed E-state index contributed by atoms with van der Waals surface area (Å²) in [5.41, 5.74) is 0.901. The van der Waals surface area contributed by atoms with Crippen LogP contribution in [0.2, 0.25) is 10.0 Å². The number of halogens is 4. The molecule has 0 aliphatic heterocycles. The van der Waals surface area contributed by atoms with Crippen LogP contribution in [0.5, 0.6) is 11.5 Å². The molecule has 0 aromatic heterocycles. The maximum absolute atomic E-state index is 6.12. The molecule has 0 aliphatic carbocycles. The van der Waals surface area contributed by atoms with E-state index in [2.05, 4.69) is 31.9 Å². The highest BCUT2D eigenvalue weighted by atomic mass is 79.9. The minimum atomic E-state index is 0.546. The standard InChI is InChI=1S/C13H8Br2Cl2O/c14-7-9-10(16)2-1-3-12(9)18-13-5-4-8(15)6-11(13)17/h1-6H,7H2. The van der Waals surface area contributed by atoms with E-state index in [1.807, 2.05) is 30.3 Å². The molecule has 0 saturated carbocycles. The molecule has 0 bridgehead atoms. The molecule has 0 spiro atoms. The van der Waals surface area contributed by atoms with Gasteiger partial charge in [0.1, 0.15) is 11.5 Å². The Kier molecular flexibility index (Phi) is 4.96. The van der Waals surface area contributed by atoms with Crippen molar-refractivity contribution in [2.24, 2.45) is 0 Å². The number of benzene rings is 2. The van der Waals surface area contributed by atoms with Crippen molar-refractivity contribution >= 4 is 55.1 Å². The topological polar surface area (TPSA) is 9.23 Å². The van der Waals surface area contributed by atoms with Gasteiger partial charge in [-0.3, -0.25) is 0 Å². The molecular weight excluding hydrogens is 403 g/mol. The van der Waals surface area contributed by atoms with Gasteiger partial charge >= 0.3 is 0 Å². The van der Waals surface area contributed by atoms with Crippen molar-refractivity contribution in [1.29, 1.82) is 0 Å². The largest absolute Gasteiger partial charge is 0.455 e. The highest BCUT2D eigenvalue weighted by molar-refractivity contribution is 9.10. The fourth-order valence-electron chi connectivity index (χ4n) is 1.44. The summed E-state index contributed by atoms with van der Waals surface area (Å²) in [7, 11) is 0. The summed E-state index contributed by atoms with van der Waals surface area (Å²) < 4.78 is 6.71. The Morgan fingerprint density at radius 1 is 1.00 bits per heavy atom. The van der Waals surface area contributed by atoms with Gasteiger partial charge in [-0.05, 0) is 30.3 Å². The highest BCUT2D eigenvalue weighted by Crippen LogP contribution is 2.36. The summed E-state index contributed by atoms with van der Waals surface area (Å²) >= 11 is 19.0. The first-order chi connectivity index (χ1) is 8.61. The van der Waals surface area contributed by atoms with E-state index < -0.39 is 0 Å². The Balaban J connectivity index is 2.37. The van der Waals surface area contributed by atoms with Crippen molar-refractivity contribution in [3.05, 3.63) is 56.5 Å². The van der Waals surface area contributed by atoms with Gasteiger partial charge in [-0.2, -0.15) is 0 Å². The zero-order valence-corrected chi connectivity index (χ0v) is 13.8. The van der Waals surface area contributed by atoms with E-state index in [-0.39, 0.29) is 0 Å². The van der Waals surface area contributed by atoms with Crippen LogP contribution in [0, 0.1) is 0 Å². The van der Waals surface area contributed by atoms with Gasteiger partial charge in [-0.15, -0.1) is 0 Å². The predicted octanol–water partition coefficient (Wildman–Crippen LogP) is 6.44. The third-order valence-electron chi connectivity index (χ3n) is 2.32. The van der Waals surface area contributed by atoms with Crippen LogP contribution in [0.4, 0.5) is 0 Å². The lowest BCUT2D eigenvalue weighted by Crippen LogP contribution is -1.91. The second-order valence-electron chi connectivity index (χ2n) is 3.53. The summed E-state index contributed by atoms with van der Waals surface area (Å²) in [5.74, 6) is 1.30. The molecule has 2 aromatic rings. The monoisotopic (exact) mass is 408 g/mol. The van der Waals surface area contributed by atoms with Gasteiger partial charge < -0.3 is 4.74 Å². The molecule has 2 rings (SSSR count). The summed E-state index contributed by atoms with van der Waals surface area (Å²) in [6.45, 7) is 0. The molecule has 18 heavy (non-hydrogen) atoms. The predicted molar refractivity (Wildman–Crippen MR) is 83.3 cm³/mol. The molecule has 2 aromatic carbocycles. The first-order valence-electron chi connectivity index (χ1n) is 5.08. The lowest BCUT2D eigenvalue weighted by atomic mass is 10.2. The highest BCUT2D eigenvalue weighted by Gasteiger charge is 2.10. The van der Waals surface area contributed by atoms with E-state index in [4.69, 9.17) is 27.9 Å². The van der Waals surface area contributed by atoms with Crippen molar-refractivity contribution in [2.75, 3.05) is 0 Å². The zero-order chi connectivity index (χ0) is 13.1. The lowest BCUT2D eigenvalue weighted by Gasteiger charge is -2.12. The molecule has 0 radical (unpaired) electrons. The first-order valence-corrected chi connectivity index (χ1v) is 7.75. The Morgan fingerprint density at radius 2 is 1.78 bits per heavy atom. The van der Waals surface area contributed by atoms with Gasteiger partial charge in [0.2, 0.25) is 0 Å². The fourth-order valence-corrected chi connectivity index (χ4v) is 3.13. The van der Waals surface area contributed by atoms with Gasteiger partial charge in [0.15, 0.2) is 0 Å². The third kappa shape index (κ3) is 3.21. The molecule has 0 saturated heterocycles. The average molecular weight is 411 g/mol. The van der Waals surface area contributed by atoms with E-state index in [0.29, 0.717) is 26.9 Å². The molecule has 0 unspecified atom stereocenters. The maximum atomic E-state index is 6.12. The summed E-state index contributed by atoms with van der Waals surface area (Å²) in [6, 6.07) is 11.0. The summed E-state index contributed by atoms with van der Waals surface area (Å²) in [4.78, 5) is 0. The van der Waals surface area contributed by atoms with E-state index >= 15 is 0 Å². The number of hydrogen-bond acceptors (Lipinski definition) is 1. The second-order valence-corrected chi connectivity index (χ2v) is 5.82. The minimum absolute atomic E-state index is 0.546. The normalized spacial score (nSPS) is 10.4. The molecular formula is C13H8Br2Cl2O. The molecule has 5 heteroatoms. The Hall–Kier alpha value is -0.220. The van der Waals surface area contributed by atoms with E-state index in [0.717, 1.165) is 10.0 Å². The number of rotatable bonds is 3. The minimum Gasteiger partial charge on any atom is -0.455 e. The van der Waals surface area contributed by atoms with Gasteiger partial charge in [0, 0.05) is 20.4 Å². The van der Waals surface area contributed by atoms with Gasteiger partial charge in [0.25, 0.3) is 0 Å². The van der Waals surface area contributed by atoms with Crippen LogP contribution in [-0.4, -0.2) is 0 Å². The second kappa shape index (κ2) is 6.29. The van der Waals surface area contributed by atoms with E-state index in [1.165, 1.54) is 0 Å². The molecule has 0 fully saturated rings. The van der Waals surface area contributed by atoms with Crippen molar-refractivity contribution in [2.45, 2.75) is 5.33 Å². The van der Waals surface area contributed by atoms with Gasteiger partial charge in [0.05, 0.1) is 5.02 Å². The van der Waals surface area contributed by atoms with Crippen LogP contribution in [0.1, 0.15) is 5.56 Å². The van der Waals surface area contributed by atoms with Crippen LogP contribution in [0.25, 0.3) is 0 Å². The van der Waals surface area contributed by atoms with Gasteiger partial charge in [-0.25, -0.2) is 0 Å². The molecule has 0 heterocycles. The lowest BCUT2D eigenvalue weighted by molar-refractivity contribution is 0.479. The van der Waals surface area contributed by atoms with Gasteiger partial charge in [-0.1, -0.05) is 61.1 Å². The van der Waals surface area contributed by atoms with Crippen LogP contribution in [0.3, 0.4) is 0 Å². The van der Waals surface area contributed by atoms with Crippen molar-refractivity contribution in [1.82, 2.24) is 0 Å². The SMILES string of the molecule is Clc1cc(Br)ccc1Oc1cccc(Cl)c1CBr. The van der Waals surface area contributed by atoms with Crippen LogP contribution >= 0.6 is 55.1 Å². The Labute approximate surface area is 132 Å². The molecule has 1 nitrogen and oxygen atoms in total. The fraction of sp³-hybridized carbons (Fsp3) is 0.0769. The molecule has 0 amide bonds. The Bertz CT molecular complexity index is 573. The number of hydrogen-bond donors (Lipinski definition) is 0. The molecule has 0 atom stereocenters. The first kappa shape index (κ1) is 14.2. The Morgan fingerprint density at radius 3 is 2.44 bits per heavy atom. The zero-order valence-electron chi connectivity index (χ0n) is 9.09. The maximum Gasteiger partial charge on any atom is 0.146 e. The third-order valence-corrected chi connectivity index (χ3v) is 4.03. The summed E-state index contributed by atoms with van der Waals surface area (Å²) in [5, 5.41) is 1.83.